The topological polar surface area (TPSA) is 108 Å². The van der Waals surface area contributed by atoms with Crippen LogP contribution >= 0.6 is 7.82 Å². The lowest BCUT2D eigenvalue weighted by atomic mass is 10.0. The Labute approximate surface area is 588 Å². The molecule has 94 heavy (non-hydrogen) atoms. The molecule has 0 aliphatic carbocycles. The molecule has 10 heteroatoms. The van der Waals surface area contributed by atoms with Gasteiger partial charge >= 0.3 is 19.8 Å². The maximum atomic E-state index is 12.9. The van der Waals surface area contributed by atoms with E-state index in [1.54, 1.807) is 0 Å². The van der Waals surface area contributed by atoms with Gasteiger partial charge in [-0.25, -0.2) is 4.57 Å². The number of hydrogen-bond acceptors (Lipinski definition) is 7. The fraction of sp³-hybridized carbons (Fsp3) is 0.976. The van der Waals surface area contributed by atoms with Crippen LogP contribution in [0.2, 0.25) is 0 Å². The zero-order valence-corrected chi connectivity index (χ0v) is 65.4. The molecule has 0 aromatic rings. The van der Waals surface area contributed by atoms with E-state index in [1.165, 1.54) is 411 Å². The van der Waals surface area contributed by atoms with Gasteiger partial charge < -0.3 is 18.9 Å². The van der Waals surface area contributed by atoms with Gasteiger partial charge in [0.25, 0.3) is 0 Å². The van der Waals surface area contributed by atoms with Crippen LogP contribution in [0.25, 0.3) is 0 Å². The van der Waals surface area contributed by atoms with Crippen molar-refractivity contribution in [2.75, 3.05) is 47.5 Å². The number of nitrogens with zero attached hydrogens (tertiary/aromatic N) is 1. The first-order chi connectivity index (χ1) is 46.0. The number of carbonyl (C=O) groups excluding carboxylic acids is 2. The van der Waals surface area contributed by atoms with Gasteiger partial charge in [-0.2, -0.15) is 0 Å². The van der Waals surface area contributed by atoms with Crippen molar-refractivity contribution >= 4 is 19.8 Å². The zero-order valence-electron chi connectivity index (χ0n) is 64.5. The molecule has 2 atom stereocenters. The normalized spacial score (nSPS) is 12.9. The molecule has 9 nitrogen and oxygen atoms in total. The number of rotatable bonds is 82. The first kappa shape index (κ1) is 93.0. The molecular weight excluding hydrogens is 1180 g/mol. The number of unbranched alkanes of at least 4 members (excludes halogenated alkanes) is 68. The lowest BCUT2D eigenvalue weighted by Crippen LogP contribution is -2.37. The Bertz CT molecular complexity index is 1540. The Morgan fingerprint density at radius 1 is 0.287 bits per heavy atom. The zero-order chi connectivity index (χ0) is 68.3. The molecule has 0 bridgehead atoms. The summed E-state index contributed by atoms with van der Waals surface area (Å²) >= 11 is 0. The number of carbonyl (C=O) groups is 2. The van der Waals surface area contributed by atoms with Crippen LogP contribution in [0, 0.1) is 0 Å². The molecular formula is C84H169NO8P+. The predicted molar refractivity (Wildman–Crippen MR) is 409 cm³/mol. The van der Waals surface area contributed by atoms with E-state index in [0.717, 1.165) is 38.5 Å². The Balaban J connectivity index is 3.83. The summed E-state index contributed by atoms with van der Waals surface area (Å²) in [5, 5.41) is 0. The van der Waals surface area contributed by atoms with E-state index in [4.69, 9.17) is 18.5 Å². The highest BCUT2D eigenvalue weighted by molar-refractivity contribution is 7.47. The second kappa shape index (κ2) is 76.2. The fourth-order valence-corrected chi connectivity index (χ4v) is 14.4. The Morgan fingerprint density at radius 2 is 0.479 bits per heavy atom. The van der Waals surface area contributed by atoms with Gasteiger partial charge in [0.1, 0.15) is 19.8 Å². The largest absolute Gasteiger partial charge is 0.472 e. The molecule has 0 aliphatic heterocycles. The van der Waals surface area contributed by atoms with E-state index in [2.05, 4.69) is 13.8 Å². The molecule has 0 heterocycles. The van der Waals surface area contributed by atoms with Gasteiger partial charge in [0.05, 0.1) is 27.7 Å². The number of hydrogen-bond donors (Lipinski definition) is 1. The van der Waals surface area contributed by atoms with E-state index in [0.29, 0.717) is 17.4 Å². The van der Waals surface area contributed by atoms with E-state index in [-0.39, 0.29) is 25.6 Å². The number of esters is 2. The third-order valence-corrected chi connectivity index (χ3v) is 21.1. The third-order valence-electron chi connectivity index (χ3n) is 20.1. The molecule has 0 spiro atoms. The second-order valence-corrected chi connectivity index (χ2v) is 32.4. The van der Waals surface area contributed by atoms with Crippen molar-refractivity contribution in [3.8, 4) is 0 Å². The quantitative estimate of drug-likeness (QED) is 0.0278. The highest BCUT2D eigenvalue weighted by atomic mass is 31.2. The van der Waals surface area contributed by atoms with Crippen molar-refractivity contribution in [3.63, 3.8) is 0 Å². The Hall–Kier alpha value is -0.990. The van der Waals surface area contributed by atoms with E-state index >= 15 is 0 Å². The van der Waals surface area contributed by atoms with Crippen molar-refractivity contribution in [1.82, 2.24) is 0 Å². The summed E-state index contributed by atoms with van der Waals surface area (Å²) in [6.45, 7) is 4.55. The molecule has 0 aromatic carbocycles. The second-order valence-electron chi connectivity index (χ2n) is 30.9. The average Bonchev–Trinajstić information content (AvgIpc) is 1.57. The highest BCUT2D eigenvalue weighted by Gasteiger charge is 2.27. The van der Waals surface area contributed by atoms with Crippen LogP contribution in [-0.2, 0) is 32.7 Å². The lowest BCUT2D eigenvalue weighted by molar-refractivity contribution is -0.870. The minimum atomic E-state index is -4.39. The smallest absolute Gasteiger partial charge is 0.462 e. The fourth-order valence-electron chi connectivity index (χ4n) is 13.6. The van der Waals surface area contributed by atoms with Crippen LogP contribution < -0.4 is 0 Å². The number of quaternary nitrogens is 1. The summed E-state index contributed by atoms with van der Waals surface area (Å²) in [6, 6.07) is 0. The SMILES string of the molecule is CCCCCCCCCCCCCCCCCCCCCCCCCCCCCCCCCCCCCCCCCCCC(=O)OC(COC(=O)CCCCCCCCCCCCCCCCCCCCCCCCCCCCCCC)COP(=O)(O)OCC[N+](C)(C)C. The minimum Gasteiger partial charge on any atom is -0.462 e. The summed E-state index contributed by atoms with van der Waals surface area (Å²) in [5.74, 6) is -0.763. The molecule has 0 fully saturated rings. The predicted octanol–water partition coefficient (Wildman–Crippen LogP) is 28.4. The van der Waals surface area contributed by atoms with Crippen molar-refractivity contribution < 1.29 is 42.1 Å². The average molecular weight is 1350 g/mol. The molecule has 1 N–H and O–H groups in total. The number of ether oxygens (including phenoxy) is 2. The molecule has 0 aromatic heterocycles. The lowest BCUT2D eigenvalue weighted by Gasteiger charge is -2.24. The van der Waals surface area contributed by atoms with Crippen LogP contribution in [-0.4, -0.2) is 74.9 Å². The summed E-state index contributed by atoms with van der Waals surface area (Å²) in [4.78, 5) is 36.0. The maximum absolute atomic E-state index is 12.9. The van der Waals surface area contributed by atoms with Crippen LogP contribution in [0.5, 0.6) is 0 Å². The van der Waals surface area contributed by atoms with Gasteiger partial charge in [0, 0.05) is 12.8 Å². The van der Waals surface area contributed by atoms with Crippen LogP contribution in [0.15, 0.2) is 0 Å². The maximum Gasteiger partial charge on any atom is 0.472 e. The Morgan fingerprint density at radius 3 is 0.681 bits per heavy atom. The number of phosphoric ester groups is 1. The van der Waals surface area contributed by atoms with Crippen molar-refractivity contribution in [2.45, 2.75) is 482 Å². The van der Waals surface area contributed by atoms with Crippen LogP contribution in [0.4, 0.5) is 0 Å². The molecule has 562 valence electrons. The highest BCUT2D eigenvalue weighted by Crippen LogP contribution is 2.43. The van der Waals surface area contributed by atoms with Gasteiger partial charge in [-0.15, -0.1) is 0 Å². The summed E-state index contributed by atoms with van der Waals surface area (Å²) < 4.78 is 34.9. The first-order valence-electron chi connectivity index (χ1n) is 42.8. The molecule has 0 radical (unpaired) electrons. The summed E-state index contributed by atoms with van der Waals surface area (Å²) in [5.41, 5.74) is 0. The van der Waals surface area contributed by atoms with Gasteiger partial charge in [0.2, 0.25) is 0 Å². The van der Waals surface area contributed by atoms with Gasteiger partial charge in [-0.05, 0) is 12.8 Å². The van der Waals surface area contributed by atoms with Crippen molar-refractivity contribution in [3.05, 3.63) is 0 Å². The molecule has 0 saturated carbocycles. The van der Waals surface area contributed by atoms with E-state index in [1.807, 2.05) is 21.1 Å². The number of phosphoric acid groups is 1. The standard InChI is InChI=1S/C84H168NO8P/c1-6-8-10-12-14-16-18-20-22-24-26-28-30-32-34-36-37-38-39-40-41-42-43-44-45-46-47-49-51-53-55-57-59-61-63-65-67-69-71-73-75-77-84(87)93-82(81-92-94(88,89)91-79-78-85(3,4)5)80-90-83(86)76-74-72-70-68-66-64-62-60-58-56-54-52-50-48-35-33-31-29-27-25-23-21-19-17-15-13-11-9-7-2/h82H,6-81H2,1-5H3/p+1. The van der Waals surface area contributed by atoms with Gasteiger partial charge in [0.15, 0.2) is 6.10 Å². The van der Waals surface area contributed by atoms with Gasteiger partial charge in [-0.3, -0.25) is 18.6 Å². The van der Waals surface area contributed by atoms with Crippen LogP contribution in [0.3, 0.4) is 0 Å². The molecule has 0 rings (SSSR count). The van der Waals surface area contributed by atoms with Gasteiger partial charge in [-0.1, -0.05) is 450 Å². The van der Waals surface area contributed by atoms with E-state index < -0.39 is 26.5 Å². The first-order valence-corrected chi connectivity index (χ1v) is 44.3. The molecule has 0 amide bonds. The monoisotopic (exact) mass is 1350 g/mol. The van der Waals surface area contributed by atoms with E-state index in [9.17, 15) is 19.0 Å². The summed E-state index contributed by atoms with van der Waals surface area (Å²) in [7, 11) is 1.51. The minimum absolute atomic E-state index is 0.0379. The van der Waals surface area contributed by atoms with Crippen molar-refractivity contribution in [1.29, 1.82) is 0 Å². The number of likely N-dealkylation sites (N-methyl/N-ethyl adjacent to an activating group) is 1. The Kier molecular flexibility index (Phi) is 75.4. The van der Waals surface area contributed by atoms with Crippen molar-refractivity contribution in [2.24, 2.45) is 0 Å². The molecule has 2 unspecified atom stereocenters. The molecule has 0 aliphatic rings. The molecule has 0 saturated heterocycles. The summed E-state index contributed by atoms with van der Waals surface area (Å²) in [6.07, 6.45) is 95.8. The third kappa shape index (κ3) is 80.0. The van der Waals surface area contributed by atoms with Crippen LogP contribution in [0.1, 0.15) is 476 Å².